The SMILES string of the molecule is COc1ccc(-c2ccc(CCC3CCC(C)CC3)c(F)c2)nn1. The normalized spacial score (nSPS) is 20.8. The Morgan fingerprint density at radius 3 is 2.50 bits per heavy atom. The van der Waals surface area contributed by atoms with Crippen molar-refractivity contribution in [3.05, 3.63) is 41.7 Å². The summed E-state index contributed by atoms with van der Waals surface area (Å²) in [7, 11) is 1.55. The number of aromatic nitrogens is 2. The Morgan fingerprint density at radius 2 is 1.88 bits per heavy atom. The molecule has 3 nitrogen and oxygen atoms in total. The highest BCUT2D eigenvalue weighted by Gasteiger charge is 2.18. The number of aryl methyl sites for hydroxylation is 1. The minimum Gasteiger partial charge on any atom is -0.480 e. The lowest BCUT2D eigenvalue weighted by Crippen LogP contribution is -2.13. The largest absolute Gasteiger partial charge is 0.480 e. The van der Waals surface area contributed by atoms with Crippen LogP contribution in [0.25, 0.3) is 11.3 Å². The molecule has 1 aromatic heterocycles. The first-order valence-corrected chi connectivity index (χ1v) is 8.82. The van der Waals surface area contributed by atoms with Gasteiger partial charge in [0.2, 0.25) is 5.88 Å². The van der Waals surface area contributed by atoms with E-state index in [4.69, 9.17) is 4.74 Å². The first kappa shape index (κ1) is 16.9. The van der Waals surface area contributed by atoms with Gasteiger partial charge in [-0.3, -0.25) is 0 Å². The van der Waals surface area contributed by atoms with E-state index in [0.29, 0.717) is 11.6 Å². The monoisotopic (exact) mass is 328 g/mol. The first-order valence-electron chi connectivity index (χ1n) is 8.82. The van der Waals surface area contributed by atoms with Crippen molar-refractivity contribution in [3.8, 4) is 17.1 Å². The van der Waals surface area contributed by atoms with Crippen molar-refractivity contribution in [3.63, 3.8) is 0 Å². The Balaban J connectivity index is 1.63. The highest BCUT2D eigenvalue weighted by atomic mass is 19.1. The third-order valence-corrected chi connectivity index (χ3v) is 5.16. The first-order chi connectivity index (χ1) is 11.7. The molecule has 1 fully saturated rings. The van der Waals surface area contributed by atoms with E-state index in [1.807, 2.05) is 12.1 Å². The van der Waals surface area contributed by atoms with Crippen LogP contribution in [0.4, 0.5) is 4.39 Å². The fraction of sp³-hybridized carbons (Fsp3) is 0.500. The summed E-state index contributed by atoms with van der Waals surface area (Å²) in [4.78, 5) is 0. The van der Waals surface area contributed by atoms with Crippen LogP contribution >= 0.6 is 0 Å². The minimum absolute atomic E-state index is 0.144. The summed E-state index contributed by atoms with van der Waals surface area (Å²) in [5, 5.41) is 8.01. The molecule has 24 heavy (non-hydrogen) atoms. The zero-order valence-corrected chi connectivity index (χ0v) is 14.5. The fourth-order valence-electron chi connectivity index (χ4n) is 3.47. The molecule has 0 bridgehead atoms. The number of hydrogen-bond donors (Lipinski definition) is 0. The number of hydrogen-bond acceptors (Lipinski definition) is 3. The van der Waals surface area contributed by atoms with Crippen LogP contribution in [-0.2, 0) is 6.42 Å². The van der Waals surface area contributed by atoms with Gasteiger partial charge in [0.05, 0.1) is 12.8 Å². The number of ether oxygens (including phenoxy) is 1. The smallest absolute Gasteiger partial charge is 0.233 e. The lowest BCUT2D eigenvalue weighted by atomic mass is 9.80. The molecule has 1 heterocycles. The Labute approximate surface area is 143 Å². The topological polar surface area (TPSA) is 35.0 Å². The quantitative estimate of drug-likeness (QED) is 0.770. The predicted molar refractivity (Wildman–Crippen MR) is 93.4 cm³/mol. The Morgan fingerprint density at radius 1 is 1.08 bits per heavy atom. The molecule has 0 atom stereocenters. The molecule has 0 unspecified atom stereocenters. The lowest BCUT2D eigenvalue weighted by Gasteiger charge is -2.26. The number of benzene rings is 1. The van der Waals surface area contributed by atoms with E-state index < -0.39 is 0 Å². The maximum Gasteiger partial charge on any atom is 0.233 e. The third-order valence-electron chi connectivity index (χ3n) is 5.16. The van der Waals surface area contributed by atoms with Gasteiger partial charge in [-0.2, -0.15) is 0 Å². The van der Waals surface area contributed by atoms with Crippen LogP contribution in [0.15, 0.2) is 30.3 Å². The Kier molecular flexibility index (Phi) is 5.44. The maximum absolute atomic E-state index is 14.4. The second-order valence-electron chi connectivity index (χ2n) is 6.93. The maximum atomic E-state index is 14.4. The third kappa shape index (κ3) is 4.11. The molecular weight excluding hydrogens is 303 g/mol. The van der Waals surface area contributed by atoms with E-state index in [1.165, 1.54) is 25.7 Å². The zero-order valence-electron chi connectivity index (χ0n) is 14.5. The van der Waals surface area contributed by atoms with Gasteiger partial charge in [0, 0.05) is 11.6 Å². The van der Waals surface area contributed by atoms with Crippen molar-refractivity contribution in [1.29, 1.82) is 0 Å². The van der Waals surface area contributed by atoms with Crippen molar-refractivity contribution in [2.45, 2.75) is 45.4 Å². The Hall–Kier alpha value is -1.97. The van der Waals surface area contributed by atoms with E-state index in [9.17, 15) is 4.39 Å². The molecule has 3 rings (SSSR count). The van der Waals surface area contributed by atoms with E-state index in [1.54, 1.807) is 25.3 Å². The number of nitrogens with zero attached hydrogens (tertiary/aromatic N) is 2. The van der Waals surface area contributed by atoms with Crippen LogP contribution in [0.5, 0.6) is 5.88 Å². The van der Waals surface area contributed by atoms with Crippen molar-refractivity contribution in [1.82, 2.24) is 10.2 Å². The van der Waals surface area contributed by atoms with Crippen molar-refractivity contribution in [2.24, 2.45) is 11.8 Å². The molecule has 4 heteroatoms. The van der Waals surface area contributed by atoms with Crippen LogP contribution < -0.4 is 4.74 Å². The summed E-state index contributed by atoms with van der Waals surface area (Å²) < 4.78 is 19.4. The molecule has 1 saturated carbocycles. The van der Waals surface area contributed by atoms with Gasteiger partial charge in [-0.1, -0.05) is 44.7 Å². The van der Waals surface area contributed by atoms with E-state index in [-0.39, 0.29) is 5.82 Å². The van der Waals surface area contributed by atoms with Gasteiger partial charge in [-0.15, -0.1) is 10.2 Å². The Bertz CT molecular complexity index is 664. The highest BCUT2D eigenvalue weighted by molar-refractivity contribution is 5.59. The molecule has 0 N–H and O–H groups in total. The van der Waals surface area contributed by atoms with Gasteiger partial charge in [-0.25, -0.2) is 4.39 Å². The summed E-state index contributed by atoms with van der Waals surface area (Å²) >= 11 is 0. The zero-order chi connectivity index (χ0) is 16.9. The molecule has 1 aliphatic carbocycles. The fourth-order valence-corrected chi connectivity index (χ4v) is 3.47. The average molecular weight is 328 g/mol. The lowest BCUT2D eigenvalue weighted by molar-refractivity contribution is 0.277. The van der Waals surface area contributed by atoms with Gasteiger partial charge in [-0.05, 0) is 42.4 Å². The van der Waals surface area contributed by atoms with Crippen molar-refractivity contribution < 1.29 is 9.13 Å². The molecule has 1 aliphatic rings. The summed E-state index contributed by atoms with van der Waals surface area (Å²) in [5.41, 5.74) is 2.21. The number of rotatable bonds is 5. The van der Waals surface area contributed by atoms with Crippen LogP contribution in [-0.4, -0.2) is 17.3 Å². The summed E-state index contributed by atoms with van der Waals surface area (Å²) in [5.74, 6) is 1.93. The number of halogens is 1. The standard InChI is InChI=1S/C20H25FN2O/c1-14-3-5-15(6-4-14)7-8-16-9-10-17(13-18(16)21)19-11-12-20(24-2)23-22-19/h9-15H,3-8H2,1-2H3. The summed E-state index contributed by atoms with van der Waals surface area (Å²) in [6, 6.07) is 8.91. The van der Waals surface area contributed by atoms with Crippen LogP contribution in [0.3, 0.4) is 0 Å². The second kappa shape index (κ2) is 7.73. The van der Waals surface area contributed by atoms with Gasteiger partial charge in [0.1, 0.15) is 5.82 Å². The molecule has 2 aromatic rings. The highest BCUT2D eigenvalue weighted by Crippen LogP contribution is 2.31. The van der Waals surface area contributed by atoms with Crippen molar-refractivity contribution >= 4 is 0 Å². The predicted octanol–water partition coefficient (Wildman–Crippen LogP) is 5.05. The molecule has 0 radical (unpaired) electrons. The summed E-state index contributed by atoms with van der Waals surface area (Å²) in [6.45, 7) is 2.33. The average Bonchev–Trinajstić information content (AvgIpc) is 2.62. The van der Waals surface area contributed by atoms with Gasteiger partial charge in [0.15, 0.2) is 0 Å². The van der Waals surface area contributed by atoms with Gasteiger partial charge >= 0.3 is 0 Å². The molecule has 0 aliphatic heterocycles. The van der Waals surface area contributed by atoms with E-state index >= 15 is 0 Å². The molecular formula is C20H25FN2O. The molecule has 0 spiro atoms. The number of methoxy groups -OCH3 is 1. The van der Waals surface area contributed by atoms with Crippen LogP contribution in [0.2, 0.25) is 0 Å². The van der Waals surface area contributed by atoms with Crippen LogP contribution in [0, 0.1) is 17.7 Å². The molecule has 0 saturated heterocycles. The molecule has 1 aromatic carbocycles. The molecule has 0 amide bonds. The summed E-state index contributed by atoms with van der Waals surface area (Å²) in [6.07, 6.45) is 7.14. The van der Waals surface area contributed by atoms with Crippen molar-refractivity contribution in [2.75, 3.05) is 7.11 Å². The second-order valence-corrected chi connectivity index (χ2v) is 6.93. The van der Waals surface area contributed by atoms with Crippen LogP contribution in [0.1, 0.15) is 44.6 Å². The van der Waals surface area contributed by atoms with Gasteiger partial charge in [0.25, 0.3) is 0 Å². The van der Waals surface area contributed by atoms with E-state index in [0.717, 1.165) is 35.8 Å². The minimum atomic E-state index is -0.144. The molecule has 128 valence electrons. The van der Waals surface area contributed by atoms with E-state index in [2.05, 4.69) is 17.1 Å². The van der Waals surface area contributed by atoms with Gasteiger partial charge < -0.3 is 4.74 Å².